The first-order valence-electron chi connectivity index (χ1n) is 5.99. The van der Waals surface area contributed by atoms with Gasteiger partial charge in [-0.15, -0.1) is 0 Å². The normalized spacial score (nSPS) is 24.5. The summed E-state index contributed by atoms with van der Waals surface area (Å²) in [6, 6.07) is 3.27. The lowest BCUT2D eigenvalue weighted by molar-refractivity contribution is 0.0280. The lowest BCUT2D eigenvalue weighted by Crippen LogP contribution is -2.51. The van der Waals surface area contributed by atoms with Crippen LogP contribution in [0.1, 0.15) is 6.92 Å². The molecule has 0 amide bonds. The molecule has 1 aliphatic rings. The second-order valence-corrected chi connectivity index (χ2v) is 6.15. The maximum Gasteiger partial charge on any atom is 0.239 e. The number of morpholine rings is 1. The molecule has 0 saturated carbocycles. The first-order chi connectivity index (χ1) is 8.91. The van der Waals surface area contributed by atoms with Crippen molar-refractivity contribution in [2.24, 2.45) is 10.9 Å². The Morgan fingerprint density at radius 1 is 1.53 bits per heavy atom. The molecule has 0 radical (unpaired) electrons. The average Bonchev–Trinajstić information content (AvgIpc) is 2.38. The van der Waals surface area contributed by atoms with Crippen LogP contribution in [0.25, 0.3) is 0 Å². The molecule has 1 aliphatic heterocycles. The van der Waals surface area contributed by atoms with Gasteiger partial charge in [0, 0.05) is 19.3 Å². The van der Waals surface area contributed by atoms with Gasteiger partial charge < -0.3 is 15.4 Å². The topological polar surface area (TPSA) is 112 Å². The number of hydrogen-bond donors (Lipinski definition) is 2. The smallest absolute Gasteiger partial charge is 0.239 e. The van der Waals surface area contributed by atoms with Gasteiger partial charge in [0.25, 0.3) is 0 Å². The first-order valence-corrected chi connectivity index (χ1v) is 7.53. The van der Waals surface area contributed by atoms with E-state index in [2.05, 4.69) is 4.98 Å². The van der Waals surface area contributed by atoms with Crippen LogP contribution in [-0.4, -0.2) is 45.2 Å². The van der Waals surface area contributed by atoms with Crippen molar-refractivity contribution in [3.05, 3.63) is 18.3 Å². The molecule has 1 aromatic rings. The van der Waals surface area contributed by atoms with Crippen molar-refractivity contribution in [3.8, 4) is 0 Å². The summed E-state index contributed by atoms with van der Waals surface area (Å²) >= 11 is 0. The SMILES string of the molecule is CC1COC(CN)CN1c1ccc(S(N)(=O)=O)cn1. The predicted molar refractivity (Wildman–Crippen MR) is 71.2 cm³/mol. The third-order valence-corrected chi connectivity index (χ3v) is 4.01. The van der Waals surface area contributed by atoms with Gasteiger partial charge in [-0.05, 0) is 19.1 Å². The number of rotatable bonds is 3. The van der Waals surface area contributed by atoms with E-state index in [-0.39, 0.29) is 17.0 Å². The van der Waals surface area contributed by atoms with Crippen molar-refractivity contribution in [1.82, 2.24) is 4.98 Å². The number of hydrogen-bond acceptors (Lipinski definition) is 6. The maximum absolute atomic E-state index is 11.2. The molecule has 1 saturated heterocycles. The number of anilines is 1. The highest BCUT2D eigenvalue weighted by molar-refractivity contribution is 7.89. The van der Waals surface area contributed by atoms with Crippen LogP contribution in [0.15, 0.2) is 23.2 Å². The zero-order chi connectivity index (χ0) is 14.0. The molecule has 0 aromatic carbocycles. The molecule has 19 heavy (non-hydrogen) atoms. The van der Waals surface area contributed by atoms with E-state index in [9.17, 15) is 8.42 Å². The van der Waals surface area contributed by atoms with Crippen molar-refractivity contribution >= 4 is 15.8 Å². The maximum atomic E-state index is 11.2. The van der Waals surface area contributed by atoms with Gasteiger partial charge >= 0.3 is 0 Å². The Morgan fingerprint density at radius 3 is 2.79 bits per heavy atom. The summed E-state index contributed by atoms with van der Waals surface area (Å²) in [5, 5.41) is 5.04. The molecule has 0 aliphatic carbocycles. The fourth-order valence-electron chi connectivity index (χ4n) is 1.99. The fraction of sp³-hybridized carbons (Fsp3) is 0.545. The van der Waals surface area contributed by atoms with Crippen molar-refractivity contribution in [2.45, 2.75) is 24.0 Å². The van der Waals surface area contributed by atoms with Crippen LogP contribution >= 0.6 is 0 Å². The number of nitrogens with zero attached hydrogens (tertiary/aromatic N) is 2. The second-order valence-electron chi connectivity index (χ2n) is 4.59. The Morgan fingerprint density at radius 2 is 2.26 bits per heavy atom. The summed E-state index contributed by atoms with van der Waals surface area (Å²) in [4.78, 5) is 6.21. The summed E-state index contributed by atoms with van der Waals surface area (Å²) < 4.78 is 27.9. The Labute approximate surface area is 112 Å². The third-order valence-electron chi connectivity index (χ3n) is 3.11. The lowest BCUT2D eigenvalue weighted by Gasteiger charge is -2.38. The number of primary sulfonamides is 1. The van der Waals surface area contributed by atoms with Crippen LogP contribution in [0, 0.1) is 0 Å². The van der Waals surface area contributed by atoms with Crippen molar-refractivity contribution in [1.29, 1.82) is 0 Å². The van der Waals surface area contributed by atoms with Crippen LogP contribution in [-0.2, 0) is 14.8 Å². The summed E-state index contributed by atoms with van der Waals surface area (Å²) in [7, 11) is -3.70. The molecule has 8 heteroatoms. The van der Waals surface area contributed by atoms with Crippen molar-refractivity contribution in [3.63, 3.8) is 0 Å². The molecule has 2 atom stereocenters. The minimum Gasteiger partial charge on any atom is -0.373 e. The molecule has 0 spiro atoms. The minimum atomic E-state index is -3.70. The molecule has 1 fully saturated rings. The van der Waals surface area contributed by atoms with Crippen LogP contribution in [0.2, 0.25) is 0 Å². The number of nitrogens with two attached hydrogens (primary N) is 2. The van der Waals surface area contributed by atoms with Gasteiger partial charge in [0.15, 0.2) is 0 Å². The van der Waals surface area contributed by atoms with Gasteiger partial charge in [-0.2, -0.15) is 0 Å². The van der Waals surface area contributed by atoms with E-state index in [4.69, 9.17) is 15.6 Å². The van der Waals surface area contributed by atoms with E-state index in [1.807, 2.05) is 11.8 Å². The molecular formula is C11H18N4O3S. The van der Waals surface area contributed by atoms with Gasteiger partial charge in [-0.25, -0.2) is 18.5 Å². The molecule has 106 valence electrons. The summed E-state index contributed by atoms with van der Waals surface area (Å²) in [6.45, 7) is 3.67. The standard InChI is InChI=1S/C11H18N4O3S/c1-8-7-18-9(4-12)6-15(8)11-3-2-10(5-14-11)19(13,16)17/h2-3,5,8-9H,4,6-7,12H2,1H3,(H2,13,16,17). The monoisotopic (exact) mass is 286 g/mol. The molecule has 2 rings (SSSR count). The highest BCUT2D eigenvalue weighted by Gasteiger charge is 2.26. The van der Waals surface area contributed by atoms with E-state index in [1.54, 1.807) is 6.07 Å². The summed E-state index contributed by atoms with van der Waals surface area (Å²) in [5.41, 5.74) is 5.60. The largest absolute Gasteiger partial charge is 0.373 e. The Bertz CT molecular complexity index is 531. The number of ether oxygens (including phenoxy) is 1. The molecule has 0 bridgehead atoms. The van der Waals surface area contributed by atoms with Crippen LogP contribution in [0.5, 0.6) is 0 Å². The molecule has 2 unspecified atom stereocenters. The van der Waals surface area contributed by atoms with Gasteiger partial charge in [0.05, 0.1) is 18.8 Å². The van der Waals surface area contributed by atoms with Crippen molar-refractivity contribution in [2.75, 3.05) is 24.6 Å². The molecule has 4 N–H and O–H groups in total. The van der Waals surface area contributed by atoms with Crippen LogP contribution in [0.3, 0.4) is 0 Å². The summed E-state index contributed by atoms with van der Waals surface area (Å²) in [5.74, 6) is 0.696. The molecule has 2 heterocycles. The van der Waals surface area contributed by atoms with E-state index < -0.39 is 10.0 Å². The average molecular weight is 286 g/mol. The molecule has 7 nitrogen and oxygen atoms in total. The number of aromatic nitrogens is 1. The highest BCUT2D eigenvalue weighted by Crippen LogP contribution is 2.20. The van der Waals surface area contributed by atoms with E-state index in [0.29, 0.717) is 25.5 Å². The van der Waals surface area contributed by atoms with E-state index in [1.165, 1.54) is 12.3 Å². The first kappa shape index (κ1) is 14.2. The number of sulfonamides is 1. The molecule has 1 aromatic heterocycles. The Hall–Kier alpha value is -1.22. The molecular weight excluding hydrogens is 268 g/mol. The Kier molecular flexibility index (Phi) is 4.04. The minimum absolute atomic E-state index is 0.00698. The highest BCUT2D eigenvalue weighted by atomic mass is 32.2. The second kappa shape index (κ2) is 5.41. The van der Waals surface area contributed by atoms with Gasteiger partial charge in [0.1, 0.15) is 10.7 Å². The quantitative estimate of drug-likeness (QED) is 0.758. The predicted octanol–water partition coefficient (Wildman–Crippen LogP) is -0.719. The van der Waals surface area contributed by atoms with Gasteiger partial charge in [-0.1, -0.05) is 0 Å². The third kappa shape index (κ3) is 3.21. The summed E-state index contributed by atoms with van der Waals surface area (Å²) in [6.07, 6.45) is 1.24. The van der Waals surface area contributed by atoms with E-state index >= 15 is 0 Å². The zero-order valence-electron chi connectivity index (χ0n) is 10.7. The van der Waals surface area contributed by atoms with Crippen molar-refractivity contribution < 1.29 is 13.2 Å². The number of pyridine rings is 1. The van der Waals surface area contributed by atoms with Gasteiger partial charge in [0.2, 0.25) is 10.0 Å². The fourth-order valence-corrected chi connectivity index (χ4v) is 2.45. The van der Waals surface area contributed by atoms with E-state index in [0.717, 1.165) is 0 Å². The van der Waals surface area contributed by atoms with Crippen LogP contribution < -0.4 is 15.8 Å². The lowest BCUT2D eigenvalue weighted by atomic mass is 10.2. The van der Waals surface area contributed by atoms with Gasteiger partial charge in [-0.3, -0.25) is 0 Å². The zero-order valence-corrected chi connectivity index (χ0v) is 11.5. The van der Waals surface area contributed by atoms with Crippen LogP contribution in [0.4, 0.5) is 5.82 Å². The Balaban J connectivity index is 2.21.